The summed E-state index contributed by atoms with van der Waals surface area (Å²) in [4.78, 5) is 32.8. The van der Waals surface area contributed by atoms with Crippen molar-refractivity contribution in [3.8, 4) is 17.3 Å². The van der Waals surface area contributed by atoms with Crippen LogP contribution in [0.5, 0.6) is 6.01 Å². The Bertz CT molecular complexity index is 1760. The average molecular weight is 631 g/mol. The van der Waals surface area contributed by atoms with Gasteiger partial charge in [-0.15, -0.1) is 0 Å². The number of anilines is 1. The molecule has 6 rings (SSSR count). The van der Waals surface area contributed by atoms with Crippen LogP contribution in [0.1, 0.15) is 39.5 Å². The third-order valence-corrected chi connectivity index (χ3v) is 10.1. The van der Waals surface area contributed by atoms with Crippen molar-refractivity contribution in [2.24, 2.45) is 5.92 Å². The van der Waals surface area contributed by atoms with Crippen LogP contribution in [0.25, 0.3) is 32.9 Å². The van der Waals surface area contributed by atoms with Crippen molar-refractivity contribution in [2.75, 3.05) is 45.2 Å². The van der Waals surface area contributed by atoms with Crippen molar-refractivity contribution < 1.29 is 13.9 Å². The first-order valence-electron chi connectivity index (χ1n) is 15.7. The predicted molar refractivity (Wildman–Crippen MR) is 178 cm³/mol. The lowest BCUT2D eigenvalue weighted by Crippen LogP contribution is -2.46. The van der Waals surface area contributed by atoms with E-state index in [1.807, 2.05) is 42.3 Å². The molecule has 2 unspecified atom stereocenters. The number of pyridine rings is 1. The highest BCUT2D eigenvalue weighted by atomic mass is 35.5. The second kappa shape index (κ2) is 12.5. The summed E-state index contributed by atoms with van der Waals surface area (Å²) < 4.78 is 23.2. The van der Waals surface area contributed by atoms with E-state index in [0.29, 0.717) is 41.5 Å². The molecule has 0 saturated carbocycles. The maximum Gasteiger partial charge on any atom is 0.319 e. The van der Waals surface area contributed by atoms with Gasteiger partial charge in [-0.25, -0.2) is 4.39 Å². The third-order valence-electron chi connectivity index (χ3n) is 9.77. The van der Waals surface area contributed by atoms with E-state index in [2.05, 4.69) is 42.3 Å². The number of likely N-dealkylation sites (tertiary alicyclic amines) is 2. The quantitative estimate of drug-likeness (QED) is 0.189. The minimum Gasteiger partial charge on any atom is -0.461 e. The molecule has 0 radical (unpaired) electrons. The molecule has 45 heavy (non-hydrogen) atoms. The van der Waals surface area contributed by atoms with Crippen molar-refractivity contribution in [1.29, 1.82) is 0 Å². The fourth-order valence-electron chi connectivity index (χ4n) is 7.26. The van der Waals surface area contributed by atoms with Crippen LogP contribution in [-0.2, 0) is 4.79 Å². The summed E-state index contributed by atoms with van der Waals surface area (Å²) in [5.74, 6) is -0.0190. The van der Waals surface area contributed by atoms with Gasteiger partial charge in [0.25, 0.3) is 0 Å². The molecule has 0 aliphatic carbocycles. The van der Waals surface area contributed by atoms with Gasteiger partial charge in [-0.1, -0.05) is 68.8 Å². The predicted octanol–water partition coefficient (Wildman–Crippen LogP) is 6.75. The van der Waals surface area contributed by atoms with Gasteiger partial charge in [0.05, 0.1) is 17.0 Å². The molecule has 236 valence electrons. The monoisotopic (exact) mass is 630 g/mol. The molecule has 4 aromatic rings. The van der Waals surface area contributed by atoms with Gasteiger partial charge < -0.3 is 14.5 Å². The molecule has 4 heterocycles. The lowest BCUT2D eigenvalue weighted by molar-refractivity contribution is -0.125. The fraction of sp³-hybridized carbons (Fsp3) is 0.429. The number of rotatable bonds is 9. The van der Waals surface area contributed by atoms with Crippen molar-refractivity contribution in [1.82, 2.24) is 24.8 Å². The Kier molecular flexibility index (Phi) is 8.68. The number of amides is 1. The van der Waals surface area contributed by atoms with Crippen LogP contribution in [0.3, 0.4) is 0 Å². The highest BCUT2D eigenvalue weighted by Crippen LogP contribution is 2.39. The summed E-state index contributed by atoms with van der Waals surface area (Å²) in [6.07, 6.45) is 7.11. The minimum absolute atomic E-state index is 0.0631. The standard InChI is InChI=1S/C35H40ClFN6O2/c1-6-15-35(16-10-17-41(35)4)21-45-34-39-32-25(33(40-34)42(5)27-20-43(19-22(27)3)28(44)7-2)18-38-31(30(32)37)24-13-8-11-23-12-9-14-26(36)29(23)24/h7-9,11-14,18,22,27H,2,6,10,15-17,19-21H2,1,3-5H3/t22-,27?,35?/m0/s1. The third kappa shape index (κ3) is 5.61. The number of ether oxygens (including phenoxy) is 1. The first-order chi connectivity index (χ1) is 21.7. The number of likely N-dealkylation sites (N-methyl/N-ethyl adjacent to an activating group) is 2. The Balaban J connectivity index is 1.47. The van der Waals surface area contributed by atoms with Crippen LogP contribution in [-0.4, -0.2) is 82.6 Å². The number of nitrogens with zero attached hydrogens (tertiary/aromatic N) is 6. The summed E-state index contributed by atoms with van der Waals surface area (Å²) in [5, 5.41) is 2.61. The van der Waals surface area contributed by atoms with Gasteiger partial charge >= 0.3 is 6.01 Å². The summed E-state index contributed by atoms with van der Waals surface area (Å²) in [6, 6.07) is 11.3. The number of carbonyl (C=O) groups excluding carboxylic acids is 1. The molecule has 3 atom stereocenters. The molecule has 10 heteroatoms. The summed E-state index contributed by atoms with van der Waals surface area (Å²) in [7, 11) is 4.06. The van der Waals surface area contributed by atoms with Crippen LogP contribution >= 0.6 is 11.6 Å². The molecule has 0 N–H and O–H groups in total. The van der Waals surface area contributed by atoms with Gasteiger partial charge in [-0.2, -0.15) is 9.97 Å². The summed E-state index contributed by atoms with van der Waals surface area (Å²) >= 11 is 6.62. The van der Waals surface area contributed by atoms with Crippen molar-refractivity contribution in [2.45, 2.75) is 51.1 Å². The first-order valence-corrected chi connectivity index (χ1v) is 16.1. The summed E-state index contributed by atoms with van der Waals surface area (Å²) in [5.41, 5.74) is 0.761. The zero-order chi connectivity index (χ0) is 31.9. The number of halogens is 2. The molecule has 2 aliphatic heterocycles. The van der Waals surface area contributed by atoms with Crippen LogP contribution < -0.4 is 9.64 Å². The molecule has 1 amide bonds. The molecule has 8 nitrogen and oxygen atoms in total. The Morgan fingerprint density at radius 2 is 2.02 bits per heavy atom. The Morgan fingerprint density at radius 3 is 2.73 bits per heavy atom. The summed E-state index contributed by atoms with van der Waals surface area (Å²) in [6.45, 7) is 10.4. The van der Waals surface area contributed by atoms with Gasteiger partial charge in [0, 0.05) is 42.3 Å². The largest absolute Gasteiger partial charge is 0.461 e. The van der Waals surface area contributed by atoms with E-state index in [1.54, 1.807) is 17.2 Å². The second-order valence-corrected chi connectivity index (χ2v) is 13.0. The van der Waals surface area contributed by atoms with E-state index >= 15 is 4.39 Å². The molecule has 2 fully saturated rings. The topological polar surface area (TPSA) is 74.7 Å². The zero-order valence-corrected chi connectivity index (χ0v) is 27.1. The number of carbonyl (C=O) groups is 1. The van der Waals surface area contributed by atoms with Crippen LogP contribution in [0.2, 0.25) is 5.02 Å². The van der Waals surface area contributed by atoms with E-state index in [1.165, 1.54) is 6.08 Å². The van der Waals surface area contributed by atoms with E-state index in [4.69, 9.17) is 21.3 Å². The van der Waals surface area contributed by atoms with Crippen molar-refractivity contribution in [3.05, 3.63) is 66.1 Å². The Hall–Kier alpha value is -3.82. The SMILES string of the molecule is C=CC(=O)N1CC(N(C)c2nc(OCC3(CCC)CCCN3C)nc3c(F)c(-c4cccc5cccc(Cl)c45)ncc23)[C@@H](C)C1. The second-order valence-electron chi connectivity index (χ2n) is 12.5. The number of fused-ring (bicyclic) bond motifs is 2. The van der Waals surface area contributed by atoms with Gasteiger partial charge in [-0.05, 0) is 56.3 Å². The van der Waals surface area contributed by atoms with Crippen LogP contribution in [0, 0.1) is 11.7 Å². The zero-order valence-electron chi connectivity index (χ0n) is 26.4. The lowest BCUT2D eigenvalue weighted by Gasteiger charge is -2.35. The van der Waals surface area contributed by atoms with Crippen molar-refractivity contribution >= 4 is 45.0 Å². The number of aromatic nitrogens is 3. The molecule has 0 bridgehead atoms. The number of hydrogen-bond donors (Lipinski definition) is 0. The van der Waals surface area contributed by atoms with Gasteiger partial charge in [0.15, 0.2) is 5.82 Å². The van der Waals surface area contributed by atoms with Gasteiger partial charge in [0.2, 0.25) is 5.91 Å². The maximum absolute atomic E-state index is 16.8. The first kappa shape index (κ1) is 31.2. The van der Waals surface area contributed by atoms with Gasteiger partial charge in [0.1, 0.15) is 23.6 Å². The highest BCUT2D eigenvalue weighted by molar-refractivity contribution is 6.36. The fourth-order valence-corrected chi connectivity index (χ4v) is 7.55. The number of hydrogen-bond acceptors (Lipinski definition) is 7. The van der Waals surface area contributed by atoms with E-state index < -0.39 is 5.82 Å². The van der Waals surface area contributed by atoms with E-state index in [-0.39, 0.29) is 40.6 Å². The van der Waals surface area contributed by atoms with Crippen LogP contribution in [0.15, 0.2) is 55.3 Å². The van der Waals surface area contributed by atoms with E-state index in [9.17, 15) is 4.79 Å². The molecule has 2 aromatic heterocycles. The Labute approximate surface area is 268 Å². The van der Waals surface area contributed by atoms with Crippen LogP contribution in [0.4, 0.5) is 10.2 Å². The molecule has 2 aromatic carbocycles. The smallest absolute Gasteiger partial charge is 0.319 e. The molecule has 2 aliphatic rings. The van der Waals surface area contributed by atoms with Crippen molar-refractivity contribution in [3.63, 3.8) is 0 Å². The normalized spacial score (nSPS) is 22.0. The minimum atomic E-state index is -0.564. The van der Waals surface area contributed by atoms with Gasteiger partial charge in [-0.3, -0.25) is 14.7 Å². The average Bonchev–Trinajstić information content (AvgIpc) is 3.61. The molecule has 0 spiro atoms. The molecular weight excluding hydrogens is 591 g/mol. The lowest BCUT2D eigenvalue weighted by atomic mass is 9.92. The molecular formula is C35H40ClFN6O2. The number of benzene rings is 2. The molecule has 2 saturated heterocycles. The van der Waals surface area contributed by atoms with E-state index in [0.717, 1.165) is 43.0 Å². The Morgan fingerprint density at radius 1 is 1.24 bits per heavy atom. The highest BCUT2D eigenvalue weighted by Gasteiger charge is 2.39. The maximum atomic E-state index is 16.8.